The lowest BCUT2D eigenvalue weighted by Gasteiger charge is -2.29. The Kier molecular flexibility index (Phi) is 4.46. The Hall–Kier alpha value is -2.68. The van der Waals surface area contributed by atoms with Crippen LogP contribution in [0.5, 0.6) is 11.5 Å². The van der Waals surface area contributed by atoms with Crippen molar-refractivity contribution in [3.63, 3.8) is 0 Å². The third-order valence-corrected chi connectivity index (χ3v) is 5.52. The van der Waals surface area contributed by atoms with E-state index in [0.29, 0.717) is 31.7 Å². The van der Waals surface area contributed by atoms with E-state index in [1.807, 2.05) is 17.0 Å². The molecule has 1 aliphatic heterocycles. The highest BCUT2D eigenvalue weighted by Crippen LogP contribution is 2.33. The van der Waals surface area contributed by atoms with Crippen molar-refractivity contribution in [2.75, 3.05) is 20.8 Å². The molecule has 1 aliphatic rings. The zero-order valence-corrected chi connectivity index (χ0v) is 15.5. The minimum atomic E-state index is 0.136. The topological polar surface area (TPSA) is 81.9 Å². The molecule has 9 heteroatoms. The number of hydrogen-bond donors (Lipinski definition) is 0. The first kappa shape index (κ1) is 16.8. The molecule has 0 saturated heterocycles. The molecular formula is C17H19N5O3S. The van der Waals surface area contributed by atoms with Gasteiger partial charge in [0.05, 0.1) is 14.2 Å². The number of aromatic nitrogens is 4. The SMILES string of the molecule is COc1cc2c(cc1OC)CN(C(=O)CCc1nn3cnnc3s1)CC2. The number of ether oxygens (including phenoxy) is 2. The van der Waals surface area contributed by atoms with Crippen molar-refractivity contribution >= 4 is 22.2 Å². The highest BCUT2D eigenvalue weighted by Gasteiger charge is 2.23. The molecule has 1 aromatic carbocycles. The number of fused-ring (bicyclic) bond motifs is 2. The summed E-state index contributed by atoms with van der Waals surface area (Å²) in [5.74, 6) is 1.56. The molecule has 0 unspecified atom stereocenters. The summed E-state index contributed by atoms with van der Waals surface area (Å²) < 4.78 is 12.4. The first-order valence-electron chi connectivity index (χ1n) is 8.35. The zero-order valence-electron chi connectivity index (χ0n) is 14.6. The molecule has 0 aliphatic carbocycles. The van der Waals surface area contributed by atoms with Crippen LogP contribution in [0.4, 0.5) is 0 Å². The summed E-state index contributed by atoms with van der Waals surface area (Å²) in [4.78, 5) is 15.3. The third-order valence-electron chi connectivity index (χ3n) is 4.55. The summed E-state index contributed by atoms with van der Waals surface area (Å²) in [6.45, 7) is 1.31. The van der Waals surface area contributed by atoms with E-state index >= 15 is 0 Å². The van der Waals surface area contributed by atoms with Gasteiger partial charge in [0, 0.05) is 25.9 Å². The van der Waals surface area contributed by atoms with Gasteiger partial charge in [-0.3, -0.25) is 4.79 Å². The van der Waals surface area contributed by atoms with E-state index in [0.717, 1.165) is 27.7 Å². The second kappa shape index (κ2) is 6.91. The average molecular weight is 373 g/mol. The van der Waals surface area contributed by atoms with Crippen molar-refractivity contribution in [1.82, 2.24) is 24.7 Å². The highest BCUT2D eigenvalue weighted by atomic mass is 32.1. The van der Waals surface area contributed by atoms with Crippen LogP contribution in [-0.4, -0.2) is 51.4 Å². The molecule has 3 aromatic rings. The lowest BCUT2D eigenvalue weighted by Crippen LogP contribution is -2.36. The molecule has 26 heavy (non-hydrogen) atoms. The number of rotatable bonds is 5. The second-order valence-corrected chi connectivity index (χ2v) is 7.14. The number of hydrogen-bond acceptors (Lipinski definition) is 7. The van der Waals surface area contributed by atoms with Gasteiger partial charge in [-0.25, -0.2) is 0 Å². The molecule has 0 fully saturated rings. The smallest absolute Gasteiger partial charge is 0.234 e. The first-order chi connectivity index (χ1) is 12.7. The number of amides is 1. The second-order valence-electron chi connectivity index (χ2n) is 6.10. The molecule has 0 atom stereocenters. The van der Waals surface area contributed by atoms with Gasteiger partial charge in [0.2, 0.25) is 10.9 Å². The Balaban J connectivity index is 1.42. The Bertz CT molecular complexity index is 923. The van der Waals surface area contributed by atoms with Gasteiger partial charge in [-0.1, -0.05) is 11.3 Å². The summed E-state index contributed by atoms with van der Waals surface area (Å²) in [7, 11) is 3.26. The minimum absolute atomic E-state index is 0.136. The van der Waals surface area contributed by atoms with Crippen molar-refractivity contribution < 1.29 is 14.3 Å². The van der Waals surface area contributed by atoms with Crippen LogP contribution in [0.25, 0.3) is 4.96 Å². The minimum Gasteiger partial charge on any atom is -0.493 e. The Morgan fingerprint density at radius 3 is 2.73 bits per heavy atom. The van der Waals surface area contributed by atoms with Crippen LogP contribution in [0.2, 0.25) is 0 Å². The molecule has 1 amide bonds. The van der Waals surface area contributed by atoms with E-state index in [-0.39, 0.29) is 5.91 Å². The van der Waals surface area contributed by atoms with E-state index in [1.165, 1.54) is 16.9 Å². The standard InChI is InChI=1S/C17H19N5O3S/c1-24-13-7-11-5-6-21(9-12(11)8-14(13)25-2)16(23)4-3-15-20-22-10-18-19-17(22)26-15/h7-8,10H,3-6,9H2,1-2H3. The molecule has 0 bridgehead atoms. The van der Waals surface area contributed by atoms with Crippen LogP contribution in [0.15, 0.2) is 18.5 Å². The number of benzene rings is 1. The van der Waals surface area contributed by atoms with Gasteiger partial charge >= 0.3 is 0 Å². The summed E-state index contributed by atoms with van der Waals surface area (Å²) in [6.07, 6.45) is 3.44. The maximum absolute atomic E-state index is 12.6. The molecule has 8 nitrogen and oxygen atoms in total. The summed E-state index contributed by atoms with van der Waals surface area (Å²) in [5.41, 5.74) is 2.32. The summed E-state index contributed by atoms with van der Waals surface area (Å²) >= 11 is 1.47. The molecule has 136 valence electrons. The normalized spacial score (nSPS) is 13.7. The predicted molar refractivity (Wildman–Crippen MR) is 95.6 cm³/mol. The fourth-order valence-corrected chi connectivity index (χ4v) is 3.98. The monoisotopic (exact) mass is 373 g/mol. The quantitative estimate of drug-likeness (QED) is 0.677. The lowest BCUT2D eigenvalue weighted by atomic mass is 9.98. The van der Waals surface area contributed by atoms with Crippen molar-refractivity contribution in [2.45, 2.75) is 25.8 Å². The van der Waals surface area contributed by atoms with Crippen LogP contribution in [-0.2, 0) is 24.2 Å². The van der Waals surface area contributed by atoms with Gasteiger partial charge in [0.15, 0.2) is 11.5 Å². The number of methoxy groups -OCH3 is 2. The molecule has 4 rings (SSSR count). The number of aryl methyl sites for hydroxylation is 1. The molecular weight excluding hydrogens is 354 g/mol. The number of carbonyl (C=O) groups excluding carboxylic acids is 1. The van der Waals surface area contributed by atoms with Crippen molar-refractivity contribution in [1.29, 1.82) is 0 Å². The maximum atomic E-state index is 12.6. The van der Waals surface area contributed by atoms with Gasteiger partial charge in [0.25, 0.3) is 0 Å². The maximum Gasteiger partial charge on any atom is 0.234 e. The van der Waals surface area contributed by atoms with Gasteiger partial charge in [-0.2, -0.15) is 9.61 Å². The number of nitrogens with zero attached hydrogens (tertiary/aromatic N) is 5. The van der Waals surface area contributed by atoms with Crippen LogP contribution in [0, 0.1) is 0 Å². The Labute approximate surface area is 154 Å². The Morgan fingerprint density at radius 2 is 2.00 bits per heavy atom. The molecule has 0 radical (unpaired) electrons. The largest absolute Gasteiger partial charge is 0.493 e. The van der Waals surface area contributed by atoms with Crippen molar-refractivity contribution in [2.24, 2.45) is 0 Å². The van der Waals surface area contributed by atoms with E-state index in [9.17, 15) is 4.79 Å². The van der Waals surface area contributed by atoms with Gasteiger partial charge in [-0.15, -0.1) is 10.2 Å². The van der Waals surface area contributed by atoms with E-state index in [4.69, 9.17) is 9.47 Å². The van der Waals surface area contributed by atoms with Crippen molar-refractivity contribution in [3.05, 3.63) is 34.6 Å². The average Bonchev–Trinajstić information content (AvgIpc) is 3.26. The van der Waals surface area contributed by atoms with Gasteiger partial charge in [0.1, 0.15) is 11.3 Å². The van der Waals surface area contributed by atoms with Gasteiger partial charge in [-0.05, 0) is 29.7 Å². The third kappa shape index (κ3) is 3.10. The van der Waals surface area contributed by atoms with Crippen LogP contribution in [0.3, 0.4) is 0 Å². The van der Waals surface area contributed by atoms with Crippen LogP contribution >= 0.6 is 11.3 Å². The van der Waals surface area contributed by atoms with Crippen molar-refractivity contribution in [3.8, 4) is 11.5 Å². The van der Waals surface area contributed by atoms with E-state index < -0.39 is 0 Å². The zero-order chi connectivity index (χ0) is 18.1. The number of carbonyl (C=O) groups is 1. The molecule has 0 spiro atoms. The Morgan fingerprint density at radius 1 is 1.23 bits per heavy atom. The fourth-order valence-electron chi connectivity index (χ4n) is 3.17. The predicted octanol–water partition coefficient (Wildman–Crippen LogP) is 1.72. The molecule has 3 heterocycles. The molecule has 2 aromatic heterocycles. The summed E-state index contributed by atoms with van der Waals surface area (Å²) in [5, 5.41) is 13.0. The van der Waals surface area contributed by atoms with Gasteiger partial charge < -0.3 is 14.4 Å². The first-order valence-corrected chi connectivity index (χ1v) is 9.17. The van der Waals surface area contributed by atoms with Crippen LogP contribution in [0.1, 0.15) is 22.6 Å². The molecule has 0 N–H and O–H groups in total. The highest BCUT2D eigenvalue weighted by molar-refractivity contribution is 7.16. The van der Waals surface area contributed by atoms with E-state index in [1.54, 1.807) is 25.1 Å². The van der Waals surface area contributed by atoms with E-state index in [2.05, 4.69) is 15.3 Å². The van der Waals surface area contributed by atoms with Crippen LogP contribution < -0.4 is 9.47 Å². The lowest BCUT2D eigenvalue weighted by molar-refractivity contribution is -0.132. The molecule has 0 saturated carbocycles. The summed E-state index contributed by atoms with van der Waals surface area (Å²) in [6, 6.07) is 3.98. The fraction of sp³-hybridized carbons (Fsp3) is 0.412.